The lowest BCUT2D eigenvalue weighted by Gasteiger charge is -2.36. The number of piperidine rings is 1. The standard InChI is InChI=1S/C17H33N3O/c1-13(2)17(3,4)12-19-16(21)15-6-5-11-20(15)14-7-9-18-10-8-14/h13-15,18H,5-12H2,1-4H3,(H,19,21). The van der Waals surface area contributed by atoms with Crippen molar-refractivity contribution in [3.8, 4) is 0 Å². The maximum absolute atomic E-state index is 12.6. The summed E-state index contributed by atoms with van der Waals surface area (Å²) in [6.07, 6.45) is 4.55. The van der Waals surface area contributed by atoms with Crippen LogP contribution in [0.25, 0.3) is 0 Å². The van der Waals surface area contributed by atoms with Crippen LogP contribution in [0, 0.1) is 11.3 Å². The van der Waals surface area contributed by atoms with Crippen molar-refractivity contribution < 1.29 is 4.79 Å². The lowest BCUT2D eigenvalue weighted by atomic mass is 9.81. The van der Waals surface area contributed by atoms with Crippen molar-refractivity contribution in [3.63, 3.8) is 0 Å². The molecule has 0 aliphatic carbocycles. The second-order valence-corrected chi connectivity index (χ2v) is 7.74. The van der Waals surface area contributed by atoms with Crippen molar-refractivity contribution in [3.05, 3.63) is 0 Å². The highest BCUT2D eigenvalue weighted by Gasteiger charge is 2.36. The van der Waals surface area contributed by atoms with Crippen molar-refractivity contribution in [2.24, 2.45) is 11.3 Å². The van der Waals surface area contributed by atoms with Crippen LogP contribution < -0.4 is 10.6 Å². The van der Waals surface area contributed by atoms with Gasteiger partial charge in [0.25, 0.3) is 0 Å². The summed E-state index contributed by atoms with van der Waals surface area (Å²) in [5, 5.41) is 6.63. The molecule has 4 nitrogen and oxygen atoms in total. The van der Waals surface area contributed by atoms with Gasteiger partial charge in [0.2, 0.25) is 5.91 Å². The van der Waals surface area contributed by atoms with E-state index in [4.69, 9.17) is 0 Å². The summed E-state index contributed by atoms with van der Waals surface area (Å²) in [6, 6.07) is 0.707. The van der Waals surface area contributed by atoms with Crippen LogP contribution in [0.15, 0.2) is 0 Å². The molecule has 1 amide bonds. The van der Waals surface area contributed by atoms with Crippen LogP contribution in [0.4, 0.5) is 0 Å². The average molecular weight is 295 g/mol. The van der Waals surface area contributed by atoms with E-state index in [0.29, 0.717) is 12.0 Å². The van der Waals surface area contributed by atoms with E-state index in [9.17, 15) is 4.79 Å². The molecule has 1 unspecified atom stereocenters. The summed E-state index contributed by atoms with van der Waals surface area (Å²) >= 11 is 0. The van der Waals surface area contributed by atoms with Gasteiger partial charge in [-0.05, 0) is 56.7 Å². The van der Waals surface area contributed by atoms with Crippen molar-refractivity contribution in [2.45, 2.75) is 65.5 Å². The van der Waals surface area contributed by atoms with E-state index < -0.39 is 0 Å². The first-order valence-electron chi connectivity index (χ1n) is 8.66. The Bertz CT molecular complexity index is 348. The highest BCUT2D eigenvalue weighted by molar-refractivity contribution is 5.82. The number of amides is 1. The van der Waals surface area contributed by atoms with Crippen molar-refractivity contribution in [1.29, 1.82) is 0 Å². The van der Waals surface area contributed by atoms with E-state index in [1.165, 1.54) is 12.8 Å². The molecule has 2 N–H and O–H groups in total. The first kappa shape index (κ1) is 16.8. The second kappa shape index (κ2) is 7.10. The van der Waals surface area contributed by atoms with E-state index in [1.807, 2.05) is 0 Å². The molecule has 2 aliphatic rings. The first-order chi connectivity index (χ1) is 9.92. The Balaban J connectivity index is 1.88. The lowest BCUT2D eigenvalue weighted by Crippen LogP contribution is -2.52. The van der Waals surface area contributed by atoms with E-state index >= 15 is 0 Å². The minimum atomic E-state index is 0.107. The Morgan fingerprint density at radius 3 is 2.57 bits per heavy atom. The molecule has 4 heteroatoms. The third kappa shape index (κ3) is 4.19. The monoisotopic (exact) mass is 295 g/mol. The molecule has 21 heavy (non-hydrogen) atoms. The highest BCUT2D eigenvalue weighted by Crippen LogP contribution is 2.27. The molecule has 0 bridgehead atoms. The molecule has 0 radical (unpaired) electrons. The first-order valence-corrected chi connectivity index (χ1v) is 8.66. The predicted octanol–water partition coefficient (Wildman–Crippen LogP) is 2.00. The fourth-order valence-electron chi connectivity index (χ4n) is 3.28. The molecular formula is C17H33N3O. The van der Waals surface area contributed by atoms with Crippen LogP contribution in [-0.2, 0) is 4.79 Å². The zero-order valence-corrected chi connectivity index (χ0v) is 14.2. The van der Waals surface area contributed by atoms with Gasteiger partial charge in [-0.1, -0.05) is 27.7 Å². The summed E-state index contributed by atoms with van der Waals surface area (Å²) in [5.74, 6) is 0.821. The Kier molecular flexibility index (Phi) is 5.67. The van der Waals surface area contributed by atoms with Gasteiger partial charge in [0.15, 0.2) is 0 Å². The molecule has 0 aromatic carbocycles. The van der Waals surface area contributed by atoms with Crippen LogP contribution in [0.5, 0.6) is 0 Å². The molecule has 0 aromatic heterocycles. The minimum Gasteiger partial charge on any atom is -0.354 e. The van der Waals surface area contributed by atoms with E-state index in [0.717, 1.165) is 39.0 Å². The Hall–Kier alpha value is -0.610. The van der Waals surface area contributed by atoms with Gasteiger partial charge in [0.05, 0.1) is 6.04 Å². The largest absolute Gasteiger partial charge is 0.354 e. The van der Waals surface area contributed by atoms with Gasteiger partial charge in [-0.15, -0.1) is 0 Å². The van der Waals surface area contributed by atoms with Gasteiger partial charge < -0.3 is 10.6 Å². The number of nitrogens with one attached hydrogen (secondary N) is 2. The topological polar surface area (TPSA) is 44.4 Å². The summed E-state index contributed by atoms with van der Waals surface area (Å²) in [7, 11) is 0. The van der Waals surface area contributed by atoms with Crippen LogP contribution in [0.1, 0.15) is 53.4 Å². The van der Waals surface area contributed by atoms with Crippen molar-refractivity contribution in [2.75, 3.05) is 26.2 Å². The third-order valence-electron chi connectivity index (χ3n) is 5.66. The Morgan fingerprint density at radius 1 is 1.29 bits per heavy atom. The number of nitrogens with zero attached hydrogens (tertiary/aromatic N) is 1. The van der Waals surface area contributed by atoms with Gasteiger partial charge in [-0.3, -0.25) is 9.69 Å². The molecule has 2 heterocycles. The van der Waals surface area contributed by atoms with Gasteiger partial charge in [0, 0.05) is 12.6 Å². The molecule has 0 saturated carbocycles. The lowest BCUT2D eigenvalue weighted by molar-refractivity contribution is -0.127. The smallest absolute Gasteiger partial charge is 0.237 e. The predicted molar refractivity (Wildman–Crippen MR) is 87.2 cm³/mol. The third-order valence-corrected chi connectivity index (χ3v) is 5.66. The zero-order chi connectivity index (χ0) is 15.5. The SMILES string of the molecule is CC(C)C(C)(C)CNC(=O)C1CCCN1C1CCNCC1. The Labute approximate surface area is 130 Å². The molecule has 2 rings (SSSR count). The van der Waals surface area contributed by atoms with E-state index in [1.54, 1.807) is 0 Å². The summed E-state index contributed by atoms with van der Waals surface area (Å²) in [4.78, 5) is 15.1. The number of hydrogen-bond acceptors (Lipinski definition) is 3. The number of rotatable bonds is 5. The molecule has 0 aromatic rings. The average Bonchev–Trinajstić information content (AvgIpc) is 2.95. The quantitative estimate of drug-likeness (QED) is 0.815. The summed E-state index contributed by atoms with van der Waals surface area (Å²) in [6.45, 7) is 13.0. The van der Waals surface area contributed by atoms with Crippen LogP contribution in [0.3, 0.4) is 0 Å². The number of likely N-dealkylation sites (tertiary alicyclic amines) is 1. The van der Waals surface area contributed by atoms with Crippen LogP contribution >= 0.6 is 0 Å². The number of carbonyl (C=O) groups is 1. The van der Waals surface area contributed by atoms with Gasteiger partial charge >= 0.3 is 0 Å². The van der Waals surface area contributed by atoms with E-state index in [-0.39, 0.29) is 17.4 Å². The van der Waals surface area contributed by atoms with Crippen molar-refractivity contribution >= 4 is 5.91 Å². The zero-order valence-electron chi connectivity index (χ0n) is 14.2. The van der Waals surface area contributed by atoms with Gasteiger partial charge in [-0.2, -0.15) is 0 Å². The minimum absolute atomic E-state index is 0.107. The van der Waals surface area contributed by atoms with E-state index in [2.05, 4.69) is 43.2 Å². The van der Waals surface area contributed by atoms with Crippen LogP contribution in [0.2, 0.25) is 0 Å². The number of hydrogen-bond donors (Lipinski definition) is 2. The summed E-state index contributed by atoms with van der Waals surface area (Å²) < 4.78 is 0. The summed E-state index contributed by atoms with van der Waals surface area (Å²) in [5.41, 5.74) is 0.161. The fraction of sp³-hybridized carbons (Fsp3) is 0.941. The van der Waals surface area contributed by atoms with Gasteiger partial charge in [-0.25, -0.2) is 0 Å². The fourth-order valence-corrected chi connectivity index (χ4v) is 3.28. The normalized spacial score (nSPS) is 25.5. The molecular weight excluding hydrogens is 262 g/mol. The maximum atomic E-state index is 12.6. The molecule has 2 fully saturated rings. The van der Waals surface area contributed by atoms with Gasteiger partial charge in [0.1, 0.15) is 0 Å². The highest BCUT2D eigenvalue weighted by atomic mass is 16.2. The maximum Gasteiger partial charge on any atom is 0.237 e. The molecule has 2 aliphatic heterocycles. The van der Waals surface area contributed by atoms with Crippen LogP contribution in [-0.4, -0.2) is 49.1 Å². The molecule has 1 atom stereocenters. The molecule has 122 valence electrons. The molecule has 0 spiro atoms. The Morgan fingerprint density at radius 2 is 1.95 bits per heavy atom. The number of carbonyl (C=O) groups excluding carboxylic acids is 1. The molecule has 2 saturated heterocycles. The van der Waals surface area contributed by atoms with Crippen molar-refractivity contribution in [1.82, 2.24) is 15.5 Å². The second-order valence-electron chi connectivity index (χ2n) is 7.74.